The first kappa shape index (κ1) is 15.7. The van der Waals surface area contributed by atoms with E-state index in [-0.39, 0.29) is 16.5 Å². The van der Waals surface area contributed by atoms with Gasteiger partial charge in [0.1, 0.15) is 10.8 Å². The lowest BCUT2D eigenvalue weighted by molar-refractivity contribution is -0.131. The zero-order chi connectivity index (χ0) is 15.2. The second-order valence-electron chi connectivity index (χ2n) is 5.14. The Morgan fingerprint density at radius 2 is 2.05 bits per heavy atom. The molecular weight excluding hydrogens is 289 g/mol. The fourth-order valence-corrected chi connectivity index (χ4v) is 2.73. The molecule has 1 aliphatic rings. The fraction of sp³-hybridized carbons (Fsp3) is 0.467. The maximum absolute atomic E-state index is 13.7. The average molecular weight is 309 g/mol. The van der Waals surface area contributed by atoms with Crippen molar-refractivity contribution in [1.29, 1.82) is 0 Å². The van der Waals surface area contributed by atoms with Gasteiger partial charge in [-0.1, -0.05) is 18.3 Å². The van der Waals surface area contributed by atoms with Gasteiger partial charge >= 0.3 is 0 Å². The number of nitrogens with two attached hydrogens (primary N) is 1. The van der Waals surface area contributed by atoms with Crippen LogP contribution in [0.15, 0.2) is 18.2 Å². The quantitative estimate of drug-likeness (QED) is 0.819. The molecule has 4 nitrogen and oxygen atoms in total. The van der Waals surface area contributed by atoms with E-state index < -0.39 is 5.82 Å². The predicted octanol–water partition coefficient (Wildman–Crippen LogP) is 2.27. The number of nitrogens with one attached hydrogen (secondary N) is 1. The van der Waals surface area contributed by atoms with Crippen LogP contribution in [-0.4, -0.2) is 35.4 Å². The molecule has 2 rings (SSSR count). The fourth-order valence-electron chi connectivity index (χ4n) is 2.53. The standard InChI is InChI=1S/C15H20FN3OS/c16-11-5-4-6-12(14(11)15(17)21)18-8-7-13(20)19-9-2-1-3-10-19/h4-6,18H,1-3,7-10H2,(H2,17,21). The van der Waals surface area contributed by atoms with Crippen molar-refractivity contribution in [2.24, 2.45) is 5.73 Å². The van der Waals surface area contributed by atoms with Crippen molar-refractivity contribution >= 4 is 28.8 Å². The van der Waals surface area contributed by atoms with Crippen molar-refractivity contribution in [3.8, 4) is 0 Å². The van der Waals surface area contributed by atoms with E-state index in [1.807, 2.05) is 4.90 Å². The van der Waals surface area contributed by atoms with Crippen LogP contribution in [0.2, 0.25) is 0 Å². The molecule has 0 bridgehead atoms. The molecule has 0 aromatic heterocycles. The Morgan fingerprint density at radius 1 is 1.33 bits per heavy atom. The number of nitrogens with zero attached hydrogens (tertiary/aromatic N) is 1. The van der Waals surface area contributed by atoms with Gasteiger partial charge in [0.25, 0.3) is 0 Å². The normalized spacial score (nSPS) is 14.8. The zero-order valence-corrected chi connectivity index (χ0v) is 12.7. The molecule has 3 N–H and O–H groups in total. The maximum atomic E-state index is 13.7. The summed E-state index contributed by atoms with van der Waals surface area (Å²) in [4.78, 5) is 13.9. The van der Waals surface area contributed by atoms with E-state index in [0.29, 0.717) is 18.7 Å². The van der Waals surface area contributed by atoms with Gasteiger partial charge in [-0.05, 0) is 31.4 Å². The highest BCUT2D eigenvalue weighted by atomic mass is 32.1. The van der Waals surface area contributed by atoms with Gasteiger partial charge in [0, 0.05) is 31.7 Å². The van der Waals surface area contributed by atoms with Crippen LogP contribution in [0.4, 0.5) is 10.1 Å². The van der Waals surface area contributed by atoms with Crippen LogP contribution in [0.25, 0.3) is 0 Å². The van der Waals surface area contributed by atoms with E-state index in [0.717, 1.165) is 25.9 Å². The second-order valence-corrected chi connectivity index (χ2v) is 5.58. The highest BCUT2D eigenvalue weighted by molar-refractivity contribution is 7.80. The molecule has 0 spiro atoms. The number of hydrogen-bond acceptors (Lipinski definition) is 3. The maximum Gasteiger partial charge on any atom is 0.224 e. The third-order valence-corrected chi connectivity index (χ3v) is 3.83. The lowest BCUT2D eigenvalue weighted by Crippen LogP contribution is -2.36. The number of thiocarbonyl (C=S) groups is 1. The van der Waals surface area contributed by atoms with E-state index in [1.165, 1.54) is 12.5 Å². The van der Waals surface area contributed by atoms with Gasteiger partial charge in [-0.2, -0.15) is 0 Å². The molecule has 1 heterocycles. The Balaban J connectivity index is 1.90. The van der Waals surface area contributed by atoms with Crippen LogP contribution in [0, 0.1) is 5.82 Å². The highest BCUT2D eigenvalue weighted by Gasteiger charge is 2.16. The number of likely N-dealkylation sites (tertiary alicyclic amines) is 1. The lowest BCUT2D eigenvalue weighted by Gasteiger charge is -2.26. The summed E-state index contributed by atoms with van der Waals surface area (Å²) in [5.74, 6) is -0.315. The van der Waals surface area contributed by atoms with Gasteiger partial charge < -0.3 is 16.0 Å². The summed E-state index contributed by atoms with van der Waals surface area (Å²) >= 11 is 4.86. The summed E-state index contributed by atoms with van der Waals surface area (Å²) < 4.78 is 13.7. The number of hydrogen-bond donors (Lipinski definition) is 2. The van der Waals surface area contributed by atoms with E-state index in [1.54, 1.807) is 12.1 Å². The monoisotopic (exact) mass is 309 g/mol. The van der Waals surface area contributed by atoms with Crippen LogP contribution in [0.3, 0.4) is 0 Å². The van der Waals surface area contributed by atoms with E-state index in [9.17, 15) is 9.18 Å². The van der Waals surface area contributed by atoms with E-state index in [2.05, 4.69) is 5.32 Å². The third-order valence-electron chi connectivity index (χ3n) is 3.62. The van der Waals surface area contributed by atoms with E-state index >= 15 is 0 Å². The van der Waals surface area contributed by atoms with Gasteiger partial charge in [0.05, 0.1) is 5.56 Å². The summed E-state index contributed by atoms with van der Waals surface area (Å²) in [5.41, 5.74) is 6.28. The first-order valence-corrected chi connectivity index (χ1v) is 7.60. The number of halogens is 1. The zero-order valence-electron chi connectivity index (χ0n) is 11.9. The molecule has 0 atom stereocenters. The van der Waals surface area contributed by atoms with Gasteiger partial charge in [-0.25, -0.2) is 4.39 Å². The molecule has 0 aliphatic carbocycles. The second kappa shape index (κ2) is 7.36. The molecule has 21 heavy (non-hydrogen) atoms. The summed E-state index contributed by atoms with van der Waals surface area (Å²) in [5, 5.41) is 3.05. The van der Waals surface area contributed by atoms with Gasteiger partial charge in [0.2, 0.25) is 5.91 Å². The number of carbonyl (C=O) groups excluding carboxylic acids is 1. The summed E-state index contributed by atoms with van der Waals surface area (Å²) in [7, 11) is 0. The van der Waals surface area contributed by atoms with Crippen molar-refractivity contribution in [3.63, 3.8) is 0 Å². The molecule has 1 amide bonds. The predicted molar refractivity (Wildman–Crippen MR) is 85.8 cm³/mol. The van der Waals surface area contributed by atoms with Crippen LogP contribution < -0.4 is 11.1 Å². The van der Waals surface area contributed by atoms with Crippen molar-refractivity contribution in [2.75, 3.05) is 25.0 Å². The molecule has 0 unspecified atom stereocenters. The highest BCUT2D eigenvalue weighted by Crippen LogP contribution is 2.19. The first-order valence-electron chi connectivity index (χ1n) is 7.19. The van der Waals surface area contributed by atoms with E-state index in [4.69, 9.17) is 18.0 Å². The molecule has 0 saturated carbocycles. The van der Waals surface area contributed by atoms with Crippen molar-refractivity contribution in [3.05, 3.63) is 29.6 Å². The molecule has 1 aliphatic heterocycles. The Bertz CT molecular complexity index is 530. The molecule has 1 saturated heterocycles. The van der Waals surface area contributed by atoms with Crippen molar-refractivity contribution < 1.29 is 9.18 Å². The number of carbonyl (C=O) groups is 1. The number of anilines is 1. The molecule has 6 heteroatoms. The summed E-state index contributed by atoms with van der Waals surface area (Å²) in [6.07, 6.45) is 3.74. The van der Waals surface area contributed by atoms with Crippen molar-refractivity contribution in [1.82, 2.24) is 4.90 Å². The molecule has 1 fully saturated rings. The minimum atomic E-state index is -0.449. The Labute approximate surface area is 129 Å². The van der Waals surface area contributed by atoms with Gasteiger partial charge in [-0.3, -0.25) is 4.79 Å². The number of benzene rings is 1. The minimum Gasteiger partial charge on any atom is -0.389 e. The smallest absolute Gasteiger partial charge is 0.224 e. The number of amides is 1. The Kier molecular flexibility index (Phi) is 5.50. The number of rotatable bonds is 5. The SMILES string of the molecule is NC(=S)c1c(F)cccc1NCCC(=O)N1CCCCC1. The largest absolute Gasteiger partial charge is 0.389 e. The topological polar surface area (TPSA) is 58.4 Å². The summed E-state index contributed by atoms with van der Waals surface area (Å²) in [6, 6.07) is 4.62. The van der Waals surface area contributed by atoms with Gasteiger partial charge in [-0.15, -0.1) is 0 Å². The van der Waals surface area contributed by atoms with Crippen LogP contribution in [-0.2, 0) is 4.79 Å². The molecule has 0 radical (unpaired) electrons. The molecule has 1 aromatic carbocycles. The van der Waals surface area contributed by atoms with Crippen LogP contribution in [0.5, 0.6) is 0 Å². The molecule has 1 aromatic rings. The molecular formula is C15H20FN3OS. The Morgan fingerprint density at radius 3 is 2.71 bits per heavy atom. The Hall–Kier alpha value is -1.69. The summed E-state index contributed by atoms with van der Waals surface area (Å²) in [6.45, 7) is 2.13. The van der Waals surface area contributed by atoms with Crippen LogP contribution >= 0.6 is 12.2 Å². The minimum absolute atomic E-state index is 0.0120. The lowest BCUT2D eigenvalue weighted by atomic mass is 10.1. The van der Waals surface area contributed by atoms with Crippen molar-refractivity contribution in [2.45, 2.75) is 25.7 Å². The van der Waals surface area contributed by atoms with Crippen LogP contribution in [0.1, 0.15) is 31.2 Å². The number of piperidine rings is 1. The third kappa shape index (κ3) is 4.14. The first-order chi connectivity index (χ1) is 10.1. The van der Waals surface area contributed by atoms with Gasteiger partial charge in [0.15, 0.2) is 0 Å². The molecule has 114 valence electrons. The average Bonchev–Trinajstić information content (AvgIpc) is 2.47.